The third-order valence-electron chi connectivity index (χ3n) is 5.30. The van der Waals surface area contributed by atoms with Crippen LogP contribution in [-0.2, 0) is 11.2 Å². The van der Waals surface area contributed by atoms with Gasteiger partial charge in [0, 0.05) is 10.8 Å². The number of hydrogen-bond acceptors (Lipinski definition) is 5. The van der Waals surface area contributed by atoms with Crippen molar-refractivity contribution in [3.63, 3.8) is 0 Å². The van der Waals surface area contributed by atoms with Crippen molar-refractivity contribution in [2.45, 2.75) is 27.2 Å². The van der Waals surface area contributed by atoms with E-state index in [1.165, 1.54) is 0 Å². The summed E-state index contributed by atoms with van der Waals surface area (Å²) < 4.78 is 7.26. The number of pyridine rings is 1. The van der Waals surface area contributed by atoms with Gasteiger partial charge in [0.15, 0.2) is 11.2 Å². The summed E-state index contributed by atoms with van der Waals surface area (Å²) in [5.41, 5.74) is 6.61. The number of amides is 1. The summed E-state index contributed by atoms with van der Waals surface area (Å²) in [5.74, 6) is -0.177. The molecule has 7 nitrogen and oxygen atoms in total. The number of fused-ring (bicyclic) bond motifs is 2. The SMILES string of the molecule is Cc1cc(C)c2onc(CC(=O)Nc3cnc4c(c3)c(C)nn4-c3ccccc3)c2c1. The van der Waals surface area contributed by atoms with Crippen LogP contribution < -0.4 is 5.32 Å². The van der Waals surface area contributed by atoms with Gasteiger partial charge >= 0.3 is 0 Å². The van der Waals surface area contributed by atoms with E-state index in [1.807, 2.05) is 74.0 Å². The van der Waals surface area contributed by atoms with Gasteiger partial charge < -0.3 is 9.84 Å². The molecular formula is C24H21N5O2. The van der Waals surface area contributed by atoms with Crippen LogP contribution in [0, 0.1) is 20.8 Å². The third-order valence-corrected chi connectivity index (χ3v) is 5.30. The molecule has 0 fully saturated rings. The van der Waals surface area contributed by atoms with Gasteiger partial charge in [-0.2, -0.15) is 5.10 Å². The molecular weight excluding hydrogens is 390 g/mol. The highest BCUT2D eigenvalue weighted by molar-refractivity contribution is 5.96. The first-order valence-corrected chi connectivity index (χ1v) is 10.1. The van der Waals surface area contributed by atoms with Gasteiger partial charge in [-0.05, 0) is 56.2 Å². The van der Waals surface area contributed by atoms with Gasteiger partial charge in [0.2, 0.25) is 5.91 Å². The highest BCUT2D eigenvalue weighted by Gasteiger charge is 2.16. The van der Waals surface area contributed by atoms with Crippen LogP contribution in [0.15, 0.2) is 59.3 Å². The fourth-order valence-corrected chi connectivity index (χ4v) is 3.89. The van der Waals surface area contributed by atoms with E-state index in [0.717, 1.165) is 44.5 Å². The number of carbonyl (C=O) groups excluding carboxylic acids is 1. The largest absolute Gasteiger partial charge is 0.356 e. The normalized spacial score (nSPS) is 11.3. The van der Waals surface area contributed by atoms with Crippen molar-refractivity contribution in [3.8, 4) is 5.69 Å². The molecule has 5 aromatic rings. The number of para-hydroxylation sites is 1. The second-order valence-electron chi connectivity index (χ2n) is 7.74. The minimum Gasteiger partial charge on any atom is -0.356 e. The lowest BCUT2D eigenvalue weighted by Crippen LogP contribution is -2.15. The van der Waals surface area contributed by atoms with Crippen LogP contribution in [0.2, 0.25) is 0 Å². The molecule has 0 unspecified atom stereocenters. The summed E-state index contributed by atoms with van der Waals surface area (Å²) in [5, 5.41) is 13.4. The van der Waals surface area contributed by atoms with Crippen LogP contribution in [0.5, 0.6) is 0 Å². The van der Waals surface area contributed by atoms with E-state index in [4.69, 9.17) is 4.52 Å². The van der Waals surface area contributed by atoms with E-state index in [1.54, 1.807) is 6.20 Å². The van der Waals surface area contributed by atoms with Crippen LogP contribution in [0.4, 0.5) is 5.69 Å². The highest BCUT2D eigenvalue weighted by Crippen LogP contribution is 2.25. The molecule has 0 radical (unpaired) electrons. The number of hydrogen-bond donors (Lipinski definition) is 1. The first-order chi connectivity index (χ1) is 15.0. The van der Waals surface area contributed by atoms with Crippen LogP contribution in [-0.4, -0.2) is 25.8 Å². The van der Waals surface area contributed by atoms with Crippen LogP contribution in [0.25, 0.3) is 27.7 Å². The quantitative estimate of drug-likeness (QED) is 0.465. The van der Waals surface area contributed by atoms with Crippen molar-refractivity contribution in [2.75, 3.05) is 5.32 Å². The molecule has 154 valence electrons. The van der Waals surface area contributed by atoms with Gasteiger partial charge in [0.25, 0.3) is 0 Å². The summed E-state index contributed by atoms with van der Waals surface area (Å²) in [6, 6.07) is 15.8. The van der Waals surface area contributed by atoms with Crippen molar-refractivity contribution >= 4 is 33.6 Å². The second kappa shape index (κ2) is 7.36. The number of aryl methyl sites for hydroxylation is 3. The zero-order valence-electron chi connectivity index (χ0n) is 17.5. The van der Waals surface area contributed by atoms with Gasteiger partial charge in [0.05, 0.1) is 29.7 Å². The fourth-order valence-electron chi connectivity index (χ4n) is 3.89. The maximum Gasteiger partial charge on any atom is 0.230 e. The van der Waals surface area contributed by atoms with Crippen molar-refractivity contribution in [3.05, 3.63) is 77.2 Å². The van der Waals surface area contributed by atoms with Gasteiger partial charge in [-0.1, -0.05) is 29.4 Å². The maximum atomic E-state index is 12.7. The Morgan fingerprint density at radius 1 is 1.06 bits per heavy atom. The fraction of sp³-hybridized carbons (Fsp3) is 0.167. The summed E-state index contributed by atoms with van der Waals surface area (Å²) >= 11 is 0. The Morgan fingerprint density at radius 3 is 2.68 bits per heavy atom. The topological polar surface area (TPSA) is 85.8 Å². The van der Waals surface area contributed by atoms with Crippen molar-refractivity contribution in [2.24, 2.45) is 0 Å². The minimum absolute atomic E-state index is 0.121. The second-order valence-corrected chi connectivity index (χ2v) is 7.74. The van der Waals surface area contributed by atoms with E-state index in [-0.39, 0.29) is 12.3 Å². The third kappa shape index (κ3) is 3.44. The number of rotatable bonds is 4. The smallest absolute Gasteiger partial charge is 0.230 e. The first-order valence-electron chi connectivity index (χ1n) is 10.1. The molecule has 3 heterocycles. The molecule has 1 N–H and O–H groups in total. The molecule has 0 spiro atoms. The summed E-state index contributed by atoms with van der Waals surface area (Å²) in [6.07, 6.45) is 1.77. The lowest BCUT2D eigenvalue weighted by atomic mass is 10.1. The van der Waals surface area contributed by atoms with Crippen LogP contribution in [0.3, 0.4) is 0 Å². The Labute approximate surface area is 178 Å². The lowest BCUT2D eigenvalue weighted by Gasteiger charge is -2.05. The number of anilines is 1. The molecule has 7 heteroatoms. The molecule has 5 rings (SSSR count). The predicted octanol–water partition coefficient (Wildman–Crippen LogP) is 4.67. The Kier molecular flexibility index (Phi) is 4.51. The molecule has 0 bridgehead atoms. The first kappa shape index (κ1) is 19.0. The van der Waals surface area contributed by atoms with Gasteiger partial charge in [-0.3, -0.25) is 4.79 Å². The molecule has 31 heavy (non-hydrogen) atoms. The van der Waals surface area contributed by atoms with Crippen LogP contribution >= 0.6 is 0 Å². The molecule has 0 aliphatic rings. The van der Waals surface area contributed by atoms with Crippen molar-refractivity contribution in [1.29, 1.82) is 0 Å². The highest BCUT2D eigenvalue weighted by atomic mass is 16.5. The number of aromatic nitrogens is 4. The molecule has 0 aliphatic heterocycles. The molecule has 0 atom stereocenters. The Morgan fingerprint density at radius 2 is 1.87 bits per heavy atom. The minimum atomic E-state index is -0.177. The average molecular weight is 411 g/mol. The summed E-state index contributed by atoms with van der Waals surface area (Å²) in [6.45, 7) is 5.92. The standard InChI is InChI=1S/C24H21N5O2/c1-14-9-15(2)23-20(10-14)21(28-31-23)12-22(30)26-17-11-19-16(3)27-29(24(19)25-13-17)18-7-5-4-6-8-18/h4-11,13H,12H2,1-3H3,(H,26,30). The predicted molar refractivity (Wildman–Crippen MR) is 119 cm³/mol. The van der Waals surface area contributed by atoms with E-state index in [9.17, 15) is 4.79 Å². The van der Waals surface area contributed by atoms with E-state index < -0.39 is 0 Å². The van der Waals surface area contributed by atoms with E-state index in [2.05, 4.69) is 20.6 Å². The number of carbonyl (C=O) groups is 1. The number of nitrogens with zero attached hydrogens (tertiary/aromatic N) is 4. The van der Waals surface area contributed by atoms with E-state index in [0.29, 0.717) is 11.4 Å². The Bertz CT molecular complexity index is 1430. The number of benzene rings is 2. The molecule has 0 aliphatic carbocycles. The summed E-state index contributed by atoms with van der Waals surface area (Å²) in [4.78, 5) is 17.3. The lowest BCUT2D eigenvalue weighted by molar-refractivity contribution is -0.115. The van der Waals surface area contributed by atoms with Gasteiger partial charge in [0.1, 0.15) is 5.69 Å². The van der Waals surface area contributed by atoms with E-state index >= 15 is 0 Å². The maximum absolute atomic E-state index is 12.7. The molecule has 0 saturated heterocycles. The van der Waals surface area contributed by atoms with Gasteiger partial charge in [-0.15, -0.1) is 0 Å². The number of nitrogens with one attached hydrogen (secondary N) is 1. The zero-order chi connectivity index (χ0) is 21.5. The molecule has 3 aromatic heterocycles. The monoisotopic (exact) mass is 411 g/mol. The Balaban J connectivity index is 1.41. The molecule has 2 aromatic carbocycles. The summed E-state index contributed by atoms with van der Waals surface area (Å²) in [7, 11) is 0. The van der Waals surface area contributed by atoms with Gasteiger partial charge in [-0.25, -0.2) is 9.67 Å². The van der Waals surface area contributed by atoms with Crippen LogP contribution in [0.1, 0.15) is 22.5 Å². The zero-order valence-corrected chi connectivity index (χ0v) is 17.5. The van der Waals surface area contributed by atoms with Crippen molar-refractivity contribution < 1.29 is 9.32 Å². The molecule has 1 amide bonds. The molecule has 0 saturated carbocycles. The average Bonchev–Trinajstić information content (AvgIpc) is 3.30. The van der Waals surface area contributed by atoms with Crippen molar-refractivity contribution in [1.82, 2.24) is 19.9 Å². The Hall–Kier alpha value is -4.00.